The van der Waals surface area contributed by atoms with Crippen molar-refractivity contribution >= 4 is 33.2 Å². The van der Waals surface area contributed by atoms with E-state index in [1.54, 1.807) is 11.3 Å². The number of carboxylic acid groups (broad SMARTS) is 1. The summed E-state index contributed by atoms with van der Waals surface area (Å²) in [4.78, 5) is 12.1. The minimum Gasteiger partial charge on any atom is -0.481 e. The van der Waals surface area contributed by atoms with E-state index < -0.39 is 5.97 Å². The fourth-order valence-electron chi connectivity index (χ4n) is 1.37. The summed E-state index contributed by atoms with van der Waals surface area (Å²) in [5, 5.41) is 11.0. The average Bonchev–Trinajstić information content (AvgIpc) is 2.58. The topological polar surface area (TPSA) is 63.3 Å². The number of carboxylic acids is 1. The molecule has 3 N–H and O–H groups in total. The lowest BCUT2D eigenvalue weighted by Crippen LogP contribution is -2.17. The van der Waals surface area contributed by atoms with Crippen molar-refractivity contribution in [2.75, 3.05) is 6.54 Å². The first-order chi connectivity index (χ1) is 7.15. The summed E-state index contributed by atoms with van der Waals surface area (Å²) in [7, 11) is 0. The largest absolute Gasteiger partial charge is 0.481 e. The lowest BCUT2D eigenvalue weighted by molar-refractivity contribution is -0.141. The molecular weight excluding hydrogens is 278 g/mol. The van der Waals surface area contributed by atoms with Crippen LogP contribution in [0.2, 0.25) is 0 Å². The Morgan fingerprint density at radius 1 is 1.67 bits per heavy atom. The maximum atomic E-state index is 11.0. The summed E-state index contributed by atoms with van der Waals surface area (Å²) in [5.74, 6) is -1.05. The number of nitrogens with two attached hydrogens (primary N) is 1. The van der Waals surface area contributed by atoms with Gasteiger partial charge in [0, 0.05) is 9.35 Å². The molecule has 0 fully saturated rings. The van der Waals surface area contributed by atoms with E-state index in [1.807, 2.05) is 11.4 Å². The Morgan fingerprint density at radius 3 is 2.87 bits per heavy atom. The van der Waals surface area contributed by atoms with Gasteiger partial charge in [-0.1, -0.05) is 0 Å². The molecule has 0 aliphatic carbocycles. The van der Waals surface area contributed by atoms with Crippen LogP contribution in [-0.4, -0.2) is 17.6 Å². The standard InChI is InChI=1S/C10H14BrNO2S/c11-8-3-5-15-9(8)6-7(10(13)14)2-1-4-12/h3,5,7H,1-2,4,6,12H2,(H,13,14). The summed E-state index contributed by atoms with van der Waals surface area (Å²) in [5.41, 5.74) is 5.38. The van der Waals surface area contributed by atoms with E-state index in [0.29, 0.717) is 19.4 Å². The van der Waals surface area contributed by atoms with E-state index >= 15 is 0 Å². The lowest BCUT2D eigenvalue weighted by Gasteiger charge is -2.10. The molecule has 0 aliphatic rings. The average molecular weight is 292 g/mol. The highest BCUT2D eigenvalue weighted by molar-refractivity contribution is 9.10. The number of carbonyl (C=O) groups is 1. The molecule has 0 aromatic carbocycles. The predicted octanol–water partition coefficient (Wildman–Crippen LogP) is 2.49. The third-order valence-electron chi connectivity index (χ3n) is 2.23. The number of rotatable bonds is 6. The van der Waals surface area contributed by atoms with Gasteiger partial charge in [0.15, 0.2) is 0 Å². The van der Waals surface area contributed by atoms with Gasteiger partial charge in [0.05, 0.1) is 5.92 Å². The molecule has 1 heterocycles. The van der Waals surface area contributed by atoms with Gasteiger partial charge < -0.3 is 10.8 Å². The maximum absolute atomic E-state index is 11.0. The number of halogens is 1. The Labute approximate surface area is 101 Å². The third kappa shape index (κ3) is 3.93. The Morgan fingerprint density at radius 2 is 2.40 bits per heavy atom. The molecule has 1 unspecified atom stereocenters. The van der Waals surface area contributed by atoms with E-state index in [0.717, 1.165) is 15.8 Å². The molecule has 15 heavy (non-hydrogen) atoms. The van der Waals surface area contributed by atoms with Crippen LogP contribution in [0, 0.1) is 5.92 Å². The molecule has 0 radical (unpaired) electrons. The third-order valence-corrected chi connectivity index (χ3v) is 4.18. The van der Waals surface area contributed by atoms with Crippen molar-refractivity contribution < 1.29 is 9.90 Å². The molecule has 1 rings (SSSR count). The highest BCUT2D eigenvalue weighted by Gasteiger charge is 2.19. The fraction of sp³-hybridized carbons (Fsp3) is 0.500. The molecule has 0 amide bonds. The summed E-state index contributed by atoms with van der Waals surface area (Å²) in [6, 6.07) is 1.95. The molecule has 0 saturated heterocycles. The normalized spacial score (nSPS) is 12.7. The molecule has 3 nitrogen and oxygen atoms in total. The van der Waals surface area contributed by atoms with Gasteiger partial charge in [-0.2, -0.15) is 0 Å². The van der Waals surface area contributed by atoms with Crippen LogP contribution in [0.5, 0.6) is 0 Å². The van der Waals surface area contributed by atoms with Gasteiger partial charge >= 0.3 is 5.97 Å². The van der Waals surface area contributed by atoms with Crippen LogP contribution in [0.4, 0.5) is 0 Å². The Balaban J connectivity index is 2.59. The first-order valence-electron chi connectivity index (χ1n) is 4.80. The molecule has 1 atom stereocenters. The van der Waals surface area contributed by atoms with Crippen molar-refractivity contribution in [2.45, 2.75) is 19.3 Å². The van der Waals surface area contributed by atoms with Crippen LogP contribution in [0.25, 0.3) is 0 Å². The van der Waals surface area contributed by atoms with Gasteiger partial charge in [0.1, 0.15) is 0 Å². The van der Waals surface area contributed by atoms with Crippen molar-refractivity contribution in [1.82, 2.24) is 0 Å². The first-order valence-corrected chi connectivity index (χ1v) is 6.47. The fourth-order valence-corrected chi connectivity index (χ4v) is 2.97. The Kier molecular flexibility index (Phi) is 5.28. The van der Waals surface area contributed by atoms with Crippen molar-refractivity contribution in [3.63, 3.8) is 0 Å². The van der Waals surface area contributed by atoms with Gasteiger partial charge in [0.2, 0.25) is 0 Å². The second kappa shape index (κ2) is 6.25. The molecule has 0 bridgehead atoms. The minimum absolute atomic E-state index is 0.316. The lowest BCUT2D eigenvalue weighted by atomic mass is 9.99. The van der Waals surface area contributed by atoms with E-state index in [-0.39, 0.29) is 5.92 Å². The highest BCUT2D eigenvalue weighted by Crippen LogP contribution is 2.26. The minimum atomic E-state index is -0.733. The molecule has 5 heteroatoms. The summed E-state index contributed by atoms with van der Waals surface area (Å²) < 4.78 is 1.01. The van der Waals surface area contributed by atoms with Crippen LogP contribution in [0.1, 0.15) is 17.7 Å². The Hall–Kier alpha value is -0.390. The zero-order valence-corrected chi connectivity index (χ0v) is 10.7. The number of hydrogen-bond donors (Lipinski definition) is 2. The van der Waals surface area contributed by atoms with Gasteiger partial charge in [-0.3, -0.25) is 4.79 Å². The molecule has 0 saturated carbocycles. The molecule has 1 aromatic heterocycles. The predicted molar refractivity (Wildman–Crippen MR) is 65.1 cm³/mol. The second-order valence-electron chi connectivity index (χ2n) is 3.36. The van der Waals surface area contributed by atoms with E-state index in [1.165, 1.54) is 0 Å². The SMILES string of the molecule is NCCCC(Cc1sccc1Br)C(=O)O. The molecule has 84 valence electrons. The zero-order chi connectivity index (χ0) is 11.3. The number of aliphatic carboxylic acids is 1. The first kappa shape index (κ1) is 12.7. The van der Waals surface area contributed by atoms with E-state index in [4.69, 9.17) is 10.8 Å². The summed E-state index contributed by atoms with van der Waals surface area (Å²) >= 11 is 4.99. The summed E-state index contributed by atoms with van der Waals surface area (Å²) in [6.07, 6.45) is 2.00. The number of thiophene rings is 1. The van der Waals surface area contributed by atoms with E-state index in [9.17, 15) is 4.79 Å². The Bertz CT molecular complexity index is 327. The van der Waals surface area contributed by atoms with Crippen LogP contribution in [0.15, 0.2) is 15.9 Å². The van der Waals surface area contributed by atoms with Gasteiger partial charge in [-0.05, 0) is 53.2 Å². The van der Waals surface area contributed by atoms with Gasteiger partial charge in [-0.15, -0.1) is 11.3 Å². The molecular formula is C10H14BrNO2S. The number of hydrogen-bond acceptors (Lipinski definition) is 3. The molecule has 0 aliphatic heterocycles. The smallest absolute Gasteiger partial charge is 0.306 e. The monoisotopic (exact) mass is 291 g/mol. The van der Waals surface area contributed by atoms with Crippen LogP contribution >= 0.6 is 27.3 Å². The summed E-state index contributed by atoms with van der Waals surface area (Å²) in [6.45, 7) is 0.551. The maximum Gasteiger partial charge on any atom is 0.306 e. The highest BCUT2D eigenvalue weighted by atomic mass is 79.9. The van der Waals surface area contributed by atoms with Gasteiger partial charge in [0.25, 0.3) is 0 Å². The zero-order valence-electron chi connectivity index (χ0n) is 8.28. The molecule has 0 spiro atoms. The van der Waals surface area contributed by atoms with Crippen molar-refractivity contribution in [2.24, 2.45) is 11.7 Å². The second-order valence-corrected chi connectivity index (χ2v) is 5.22. The quantitative estimate of drug-likeness (QED) is 0.846. The van der Waals surface area contributed by atoms with Gasteiger partial charge in [-0.25, -0.2) is 0 Å². The van der Waals surface area contributed by atoms with E-state index in [2.05, 4.69) is 15.9 Å². The van der Waals surface area contributed by atoms with Crippen LogP contribution < -0.4 is 5.73 Å². The van der Waals surface area contributed by atoms with Crippen molar-refractivity contribution in [1.29, 1.82) is 0 Å². The van der Waals surface area contributed by atoms with Crippen molar-refractivity contribution in [3.8, 4) is 0 Å². The van der Waals surface area contributed by atoms with Crippen LogP contribution in [-0.2, 0) is 11.2 Å². The molecule has 1 aromatic rings. The van der Waals surface area contributed by atoms with Crippen LogP contribution in [0.3, 0.4) is 0 Å². The van der Waals surface area contributed by atoms with Crippen molar-refractivity contribution in [3.05, 3.63) is 20.8 Å².